The van der Waals surface area contributed by atoms with Crippen molar-refractivity contribution in [1.82, 2.24) is 0 Å². The molecule has 1 aromatic carbocycles. The molecule has 0 radical (unpaired) electrons. The topological polar surface area (TPSA) is 63.3 Å². The first-order valence-corrected chi connectivity index (χ1v) is 3.94. The van der Waals surface area contributed by atoms with E-state index in [1.54, 1.807) is 0 Å². The first kappa shape index (κ1) is 11.4. The van der Waals surface area contributed by atoms with Gasteiger partial charge in [-0.1, -0.05) is 0 Å². The van der Waals surface area contributed by atoms with Gasteiger partial charge in [-0.2, -0.15) is 13.2 Å². The smallest absolute Gasteiger partial charge is 0.417 e. The van der Waals surface area contributed by atoms with Crippen LogP contribution in [0, 0.1) is 6.92 Å². The van der Waals surface area contributed by atoms with Crippen LogP contribution in [0.15, 0.2) is 12.1 Å². The van der Waals surface area contributed by atoms with E-state index in [9.17, 15) is 18.0 Å². The molecule has 0 aliphatic heterocycles. The van der Waals surface area contributed by atoms with E-state index in [0.29, 0.717) is 6.07 Å². The third-order valence-corrected chi connectivity index (χ3v) is 1.88. The summed E-state index contributed by atoms with van der Waals surface area (Å²) in [5, 5.41) is 8.66. The van der Waals surface area contributed by atoms with Crippen LogP contribution in [0.3, 0.4) is 0 Å². The molecule has 3 nitrogen and oxygen atoms in total. The Hall–Kier alpha value is -1.72. The maximum absolute atomic E-state index is 12.4. The van der Waals surface area contributed by atoms with Gasteiger partial charge in [-0.15, -0.1) is 0 Å². The molecule has 82 valence electrons. The average molecular weight is 219 g/mol. The standard InChI is InChI=1S/C9H8F3NO2/c1-4-2-5(13)3-6(9(10,11)12)7(4)8(14)15/h2-3H,13H2,1H3,(H,14,15). The molecule has 0 heterocycles. The normalized spacial score (nSPS) is 11.5. The molecule has 0 amide bonds. The van der Waals surface area contributed by atoms with Crippen LogP contribution in [0.25, 0.3) is 0 Å². The van der Waals surface area contributed by atoms with E-state index in [1.807, 2.05) is 0 Å². The van der Waals surface area contributed by atoms with Crippen molar-refractivity contribution in [2.24, 2.45) is 0 Å². The first-order chi connectivity index (χ1) is 6.73. The Morgan fingerprint density at radius 3 is 2.33 bits per heavy atom. The predicted octanol–water partition coefficient (Wildman–Crippen LogP) is 2.29. The second-order valence-electron chi connectivity index (χ2n) is 3.06. The van der Waals surface area contributed by atoms with Gasteiger partial charge in [-0.05, 0) is 24.6 Å². The highest BCUT2D eigenvalue weighted by Gasteiger charge is 2.36. The largest absolute Gasteiger partial charge is 0.478 e. The molecule has 0 aromatic heterocycles. The van der Waals surface area contributed by atoms with Gasteiger partial charge in [0.25, 0.3) is 0 Å². The molecule has 0 saturated heterocycles. The minimum atomic E-state index is -4.71. The number of aromatic carboxylic acids is 1. The molecule has 1 rings (SSSR count). The monoisotopic (exact) mass is 219 g/mol. The molecule has 6 heteroatoms. The Morgan fingerprint density at radius 1 is 1.40 bits per heavy atom. The van der Waals surface area contributed by atoms with Gasteiger partial charge in [-0.3, -0.25) is 0 Å². The van der Waals surface area contributed by atoms with E-state index in [2.05, 4.69) is 0 Å². The minimum absolute atomic E-state index is 0.00479. The third-order valence-electron chi connectivity index (χ3n) is 1.88. The van der Waals surface area contributed by atoms with E-state index in [1.165, 1.54) is 13.0 Å². The molecule has 0 atom stereocenters. The van der Waals surface area contributed by atoms with E-state index in [4.69, 9.17) is 10.8 Å². The summed E-state index contributed by atoms with van der Waals surface area (Å²) in [5.41, 5.74) is 3.15. The number of carboxylic acids is 1. The zero-order chi connectivity index (χ0) is 11.8. The number of hydrogen-bond donors (Lipinski definition) is 2. The zero-order valence-electron chi connectivity index (χ0n) is 7.72. The molecule has 0 aliphatic rings. The quantitative estimate of drug-likeness (QED) is 0.712. The predicted molar refractivity (Wildman–Crippen MR) is 47.6 cm³/mol. The average Bonchev–Trinajstić information content (AvgIpc) is 1.99. The molecular formula is C9H8F3NO2. The van der Waals surface area contributed by atoms with Crippen LogP contribution in [0.2, 0.25) is 0 Å². The first-order valence-electron chi connectivity index (χ1n) is 3.94. The summed E-state index contributed by atoms with van der Waals surface area (Å²) >= 11 is 0. The molecule has 0 unspecified atom stereocenters. The van der Waals surface area contributed by atoms with Gasteiger partial charge in [-0.25, -0.2) is 4.79 Å². The van der Waals surface area contributed by atoms with Gasteiger partial charge in [0.2, 0.25) is 0 Å². The van der Waals surface area contributed by atoms with Gasteiger partial charge in [0.1, 0.15) is 0 Å². The lowest BCUT2D eigenvalue weighted by atomic mass is 10.0. The fourth-order valence-electron chi connectivity index (χ4n) is 1.32. The van der Waals surface area contributed by atoms with Crippen LogP contribution in [0.5, 0.6) is 0 Å². The lowest BCUT2D eigenvalue weighted by Gasteiger charge is -2.13. The van der Waals surface area contributed by atoms with Crippen molar-refractivity contribution in [2.75, 3.05) is 5.73 Å². The minimum Gasteiger partial charge on any atom is -0.478 e. The van der Waals surface area contributed by atoms with Crippen molar-refractivity contribution in [3.05, 3.63) is 28.8 Å². The van der Waals surface area contributed by atoms with Crippen molar-refractivity contribution in [3.8, 4) is 0 Å². The fraction of sp³-hybridized carbons (Fsp3) is 0.222. The summed E-state index contributed by atoms with van der Waals surface area (Å²) in [5.74, 6) is -1.61. The summed E-state index contributed by atoms with van der Waals surface area (Å²) in [7, 11) is 0. The third kappa shape index (κ3) is 2.20. The SMILES string of the molecule is Cc1cc(N)cc(C(F)(F)F)c1C(=O)O. The maximum atomic E-state index is 12.4. The van der Waals surface area contributed by atoms with Gasteiger partial charge < -0.3 is 10.8 Å². The lowest BCUT2D eigenvalue weighted by molar-refractivity contribution is -0.138. The highest BCUT2D eigenvalue weighted by molar-refractivity contribution is 5.92. The Balaban J connectivity index is 3.54. The molecular weight excluding hydrogens is 211 g/mol. The summed E-state index contributed by atoms with van der Waals surface area (Å²) < 4.78 is 37.3. The Labute approximate surface area is 83.3 Å². The van der Waals surface area contributed by atoms with Crippen molar-refractivity contribution in [3.63, 3.8) is 0 Å². The molecule has 0 bridgehead atoms. The molecule has 0 aliphatic carbocycles. The van der Waals surface area contributed by atoms with Crippen LogP contribution in [0.1, 0.15) is 21.5 Å². The lowest BCUT2D eigenvalue weighted by Crippen LogP contribution is -2.15. The fourth-order valence-corrected chi connectivity index (χ4v) is 1.32. The number of anilines is 1. The summed E-state index contributed by atoms with van der Waals surface area (Å²) in [6, 6.07) is 1.81. The van der Waals surface area contributed by atoms with E-state index in [0.717, 1.165) is 0 Å². The van der Waals surface area contributed by atoms with Crippen molar-refractivity contribution < 1.29 is 23.1 Å². The van der Waals surface area contributed by atoms with Crippen LogP contribution in [0.4, 0.5) is 18.9 Å². The van der Waals surface area contributed by atoms with Crippen LogP contribution in [-0.4, -0.2) is 11.1 Å². The molecule has 0 fully saturated rings. The molecule has 3 N–H and O–H groups in total. The molecule has 15 heavy (non-hydrogen) atoms. The Bertz CT molecular complexity index is 413. The van der Waals surface area contributed by atoms with Gasteiger partial charge in [0.15, 0.2) is 0 Å². The Morgan fingerprint density at radius 2 is 1.93 bits per heavy atom. The number of nitrogen functional groups attached to an aromatic ring is 1. The zero-order valence-corrected chi connectivity index (χ0v) is 7.72. The van der Waals surface area contributed by atoms with Crippen molar-refractivity contribution in [1.29, 1.82) is 0 Å². The number of benzene rings is 1. The summed E-state index contributed by atoms with van der Waals surface area (Å²) in [6.45, 7) is 1.27. The van der Waals surface area contributed by atoms with E-state index in [-0.39, 0.29) is 11.3 Å². The van der Waals surface area contributed by atoms with Crippen molar-refractivity contribution >= 4 is 11.7 Å². The van der Waals surface area contributed by atoms with Crippen LogP contribution in [-0.2, 0) is 6.18 Å². The number of halogens is 3. The summed E-state index contributed by atoms with van der Waals surface area (Å²) in [6.07, 6.45) is -4.71. The van der Waals surface area contributed by atoms with Gasteiger partial charge in [0, 0.05) is 5.69 Å². The number of carboxylic acid groups (broad SMARTS) is 1. The number of aryl methyl sites for hydroxylation is 1. The second-order valence-corrected chi connectivity index (χ2v) is 3.06. The summed E-state index contributed by atoms with van der Waals surface area (Å²) in [4.78, 5) is 10.7. The van der Waals surface area contributed by atoms with E-state index < -0.39 is 23.3 Å². The van der Waals surface area contributed by atoms with Crippen LogP contribution < -0.4 is 5.73 Å². The van der Waals surface area contributed by atoms with Gasteiger partial charge >= 0.3 is 12.1 Å². The number of carbonyl (C=O) groups is 1. The molecule has 1 aromatic rings. The van der Waals surface area contributed by atoms with Gasteiger partial charge in [0.05, 0.1) is 11.1 Å². The maximum Gasteiger partial charge on any atom is 0.417 e. The number of nitrogens with two attached hydrogens (primary N) is 1. The van der Waals surface area contributed by atoms with Crippen LogP contribution >= 0.6 is 0 Å². The molecule has 0 spiro atoms. The second kappa shape index (κ2) is 3.45. The molecule has 0 saturated carbocycles. The highest BCUT2D eigenvalue weighted by atomic mass is 19.4. The van der Waals surface area contributed by atoms with Crippen molar-refractivity contribution in [2.45, 2.75) is 13.1 Å². The highest BCUT2D eigenvalue weighted by Crippen LogP contribution is 2.34. The number of alkyl halides is 3. The number of rotatable bonds is 1. The number of hydrogen-bond acceptors (Lipinski definition) is 2. The van der Waals surface area contributed by atoms with E-state index >= 15 is 0 Å². The Kier molecular flexibility index (Phi) is 2.61.